The molecule has 110 valence electrons. The molecule has 0 heterocycles. The van der Waals surface area contributed by atoms with Gasteiger partial charge in [0.2, 0.25) is 0 Å². The highest BCUT2D eigenvalue weighted by Gasteiger charge is 2.15. The van der Waals surface area contributed by atoms with Crippen LogP contribution in [-0.2, 0) is 10.2 Å². The molecule has 0 atom stereocenters. The van der Waals surface area contributed by atoms with Crippen LogP contribution in [0.4, 0.5) is 0 Å². The standard InChI is InChI=1S/C13H19N3O3S/c1-12-4-6-13(7-5-12)19-11-9-15-20(17,18)16(2)10-3-8-14/h4-7,15H,3,9-11H2,1-2H3. The van der Waals surface area contributed by atoms with E-state index >= 15 is 0 Å². The van der Waals surface area contributed by atoms with Crippen LogP contribution in [0.15, 0.2) is 24.3 Å². The molecule has 1 aromatic rings. The average molecular weight is 297 g/mol. The van der Waals surface area contributed by atoms with Gasteiger partial charge in [0.15, 0.2) is 0 Å². The van der Waals surface area contributed by atoms with E-state index < -0.39 is 10.2 Å². The van der Waals surface area contributed by atoms with Crippen molar-refractivity contribution in [2.75, 3.05) is 26.7 Å². The molecule has 0 saturated heterocycles. The number of hydrogen-bond donors (Lipinski definition) is 1. The lowest BCUT2D eigenvalue weighted by Gasteiger charge is -2.16. The highest BCUT2D eigenvalue weighted by Crippen LogP contribution is 2.10. The SMILES string of the molecule is Cc1ccc(OCCNS(=O)(=O)N(C)CCC#N)cc1. The Labute approximate surface area is 120 Å². The predicted octanol–water partition coefficient (Wildman–Crippen LogP) is 1.05. The molecule has 7 heteroatoms. The Hall–Kier alpha value is -1.62. The van der Waals surface area contributed by atoms with E-state index in [4.69, 9.17) is 10.00 Å². The number of nitrogens with one attached hydrogen (secondary N) is 1. The largest absolute Gasteiger partial charge is 0.492 e. The van der Waals surface area contributed by atoms with Crippen LogP contribution < -0.4 is 9.46 Å². The zero-order valence-corrected chi connectivity index (χ0v) is 12.5. The smallest absolute Gasteiger partial charge is 0.279 e. The zero-order chi connectivity index (χ0) is 15.0. The minimum Gasteiger partial charge on any atom is -0.492 e. The number of aryl methyl sites for hydroxylation is 1. The average Bonchev–Trinajstić information content (AvgIpc) is 2.42. The quantitative estimate of drug-likeness (QED) is 0.727. The Morgan fingerprint density at radius 3 is 2.60 bits per heavy atom. The highest BCUT2D eigenvalue weighted by atomic mass is 32.2. The van der Waals surface area contributed by atoms with Gasteiger partial charge < -0.3 is 4.74 Å². The van der Waals surface area contributed by atoms with Gasteiger partial charge in [0.25, 0.3) is 10.2 Å². The van der Waals surface area contributed by atoms with Crippen LogP contribution in [0.1, 0.15) is 12.0 Å². The fourth-order valence-electron chi connectivity index (χ4n) is 1.41. The Balaban J connectivity index is 2.33. The second-order valence-electron chi connectivity index (χ2n) is 4.29. The molecule has 0 unspecified atom stereocenters. The van der Waals surface area contributed by atoms with Crippen LogP contribution >= 0.6 is 0 Å². The second kappa shape index (κ2) is 7.85. The van der Waals surface area contributed by atoms with Gasteiger partial charge in [0.1, 0.15) is 12.4 Å². The molecular weight excluding hydrogens is 278 g/mol. The molecule has 20 heavy (non-hydrogen) atoms. The molecule has 0 amide bonds. The number of benzene rings is 1. The first-order chi connectivity index (χ1) is 9.45. The van der Waals surface area contributed by atoms with Crippen molar-refractivity contribution < 1.29 is 13.2 Å². The molecule has 0 aromatic heterocycles. The zero-order valence-electron chi connectivity index (χ0n) is 11.7. The van der Waals surface area contributed by atoms with Crippen molar-refractivity contribution in [2.45, 2.75) is 13.3 Å². The summed E-state index contributed by atoms with van der Waals surface area (Å²) in [6.45, 7) is 2.57. The second-order valence-corrected chi connectivity index (χ2v) is 6.15. The van der Waals surface area contributed by atoms with E-state index in [9.17, 15) is 8.42 Å². The summed E-state index contributed by atoms with van der Waals surface area (Å²) in [5.74, 6) is 0.702. The fraction of sp³-hybridized carbons (Fsp3) is 0.462. The third-order valence-corrected chi connectivity index (χ3v) is 4.20. The van der Waals surface area contributed by atoms with E-state index in [-0.39, 0.29) is 26.1 Å². The summed E-state index contributed by atoms with van der Waals surface area (Å²) in [7, 11) is -2.11. The summed E-state index contributed by atoms with van der Waals surface area (Å²) in [6, 6.07) is 9.43. The lowest BCUT2D eigenvalue weighted by molar-refractivity contribution is 0.321. The van der Waals surface area contributed by atoms with Crippen LogP contribution in [0.2, 0.25) is 0 Å². The molecule has 0 spiro atoms. The monoisotopic (exact) mass is 297 g/mol. The number of ether oxygens (including phenoxy) is 1. The molecule has 0 radical (unpaired) electrons. The van der Waals surface area contributed by atoms with E-state index in [1.54, 1.807) is 0 Å². The van der Waals surface area contributed by atoms with E-state index in [2.05, 4.69) is 4.72 Å². The van der Waals surface area contributed by atoms with Crippen LogP contribution in [0.25, 0.3) is 0 Å². The first-order valence-corrected chi connectivity index (χ1v) is 7.67. The van der Waals surface area contributed by atoms with Gasteiger partial charge in [-0.15, -0.1) is 0 Å². The summed E-state index contributed by atoms with van der Waals surface area (Å²) in [4.78, 5) is 0. The Morgan fingerprint density at radius 2 is 2.00 bits per heavy atom. The normalized spacial score (nSPS) is 11.3. The van der Waals surface area contributed by atoms with Crippen molar-refractivity contribution in [3.8, 4) is 11.8 Å². The number of rotatable bonds is 8. The predicted molar refractivity (Wildman–Crippen MR) is 76.5 cm³/mol. The van der Waals surface area contributed by atoms with E-state index in [1.165, 1.54) is 7.05 Å². The van der Waals surface area contributed by atoms with Gasteiger partial charge in [-0.05, 0) is 19.1 Å². The van der Waals surface area contributed by atoms with E-state index in [0.717, 1.165) is 9.87 Å². The maximum atomic E-state index is 11.7. The Morgan fingerprint density at radius 1 is 1.35 bits per heavy atom. The van der Waals surface area contributed by atoms with Gasteiger partial charge in [-0.3, -0.25) is 0 Å². The summed E-state index contributed by atoms with van der Waals surface area (Å²) in [5.41, 5.74) is 1.14. The van der Waals surface area contributed by atoms with Gasteiger partial charge in [0, 0.05) is 26.6 Å². The lowest BCUT2D eigenvalue weighted by Crippen LogP contribution is -2.40. The summed E-state index contributed by atoms with van der Waals surface area (Å²) in [6.07, 6.45) is 0.164. The lowest BCUT2D eigenvalue weighted by atomic mass is 10.2. The molecule has 0 saturated carbocycles. The van der Waals surface area contributed by atoms with Crippen molar-refractivity contribution in [1.82, 2.24) is 9.03 Å². The number of hydrogen-bond acceptors (Lipinski definition) is 4. The molecule has 0 fully saturated rings. The maximum absolute atomic E-state index is 11.7. The summed E-state index contributed by atoms with van der Waals surface area (Å²) < 4.78 is 32.4. The third-order valence-electron chi connectivity index (χ3n) is 2.63. The first kappa shape index (κ1) is 16.4. The van der Waals surface area contributed by atoms with Crippen LogP contribution in [0.3, 0.4) is 0 Å². The van der Waals surface area contributed by atoms with Gasteiger partial charge in [-0.25, -0.2) is 0 Å². The Bertz CT molecular complexity index is 549. The first-order valence-electron chi connectivity index (χ1n) is 6.23. The molecular formula is C13H19N3O3S. The van der Waals surface area contributed by atoms with E-state index in [1.807, 2.05) is 37.3 Å². The summed E-state index contributed by atoms with van der Waals surface area (Å²) in [5, 5.41) is 8.43. The Kier molecular flexibility index (Phi) is 6.45. The molecule has 0 bridgehead atoms. The molecule has 1 aromatic carbocycles. The topological polar surface area (TPSA) is 82.4 Å². The molecule has 6 nitrogen and oxygen atoms in total. The highest BCUT2D eigenvalue weighted by molar-refractivity contribution is 7.87. The fourth-order valence-corrected chi connectivity index (χ4v) is 2.31. The van der Waals surface area contributed by atoms with Crippen LogP contribution in [0, 0.1) is 18.3 Å². The van der Waals surface area contributed by atoms with Gasteiger partial charge in [-0.1, -0.05) is 17.7 Å². The van der Waals surface area contributed by atoms with Crippen molar-refractivity contribution >= 4 is 10.2 Å². The molecule has 0 aliphatic carbocycles. The molecule has 1 N–H and O–H groups in total. The van der Waals surface area contributed by atoms with Crippen molar-refractivity contribution in [1.29, 1.82) is 5.26 Å². The van der Waals surface area contributed by atoms with Crippen molar-refractivity contribution in [3.63, 3.8) is 0 Å². The number of nitriles is 1. The minimum atomic E-state index is -3.54. The molecule has 1 rings (SSSR count). The van der Waals surface area contributed by atoms with Crippen molar-refractivity contribution in [2.24, 2.45) is 0 Å². The van der Waals surface area contributed by atoms with Crippen LogP contribution in [0.5, 0.6) is 5.75 Å². The van der Waals surface area contributed by atoms with Gasteiger partial charge in [0.05, 0.1) is 6.07 Å². The summed E-state index contributed by atoms with van der Waals surface area (Å²) >= 11 is 0. The van der Waals surface area contributed by atoms with Gasteiger partial charge >= 0.3 is 0 Å². The minimum absolute atomic E-state index is 0.164. The van der Waals surface area contributed by atoms with E-state index in [0.29, 0.717) is 5.75 Å². The van der Waals surface area contributed by atoms with Gasteiger partial charge in [-0.2, -0.15) is 22.7 Å². The van der Waals surface area contributed by atoms with Crippen molar-refractivity contribution in [3.05, 3.63) is 29.8 Å². The molecule has 0 aliphatic heterocycles. The molecule has 0 aliphatic rings. The maximum Gasteiger partial charge on any atom is 0.279 e. The number of nitrogens with zero attached hydrogens (tertiary/aromatic N) is 2. The van der Waals surface area contributed by atoms with Crippen LogP contribution in [-0.4, -0.2) is 39.5 Å². The third kappa shape index (κ3) is 5.57.